The maximum atomic E-state index is 10.4. The summed E-state index contributed by atoms with van der Waals surface area (Å²) in [6.45, 7) is 3.13. The standard InChI is InChI=1S/C6H15NO2P/c1-2-9-6(10-8)4-3-5-7/h2-5,7,10H2,1H3. The van der Waals surface area contributed by atoms with Gasteiger partial charge in [0.05, 0.1) is 8.46 Å². The molecule has 0 fully saturated rings. The molecule has 1 atom stereocenters. The molecular formula is C6H15NO2P. The zero-order chi connectivity index (χ0) is 7.82. The number of rotatable bonds is 6. The highest BCUT2D eigenvalue weighted by Crippen LogP contribution is 2.22. The van der Waals surface area contributed by atoms with Crippen LogP contribution in [0.25, 0.3) is 0 Å². The maximum Gasteiger partial charge on any atom is 0.151 e. The quantitative estimate of drug-likeness (QED) is 0.596. The van der Waals surface area contributed by atoms with Gasteiger partial charge < -0.3 is 15.0 Å². The molecule has 0 aliphatic heterocycles. The first-order chi connectivity index (χ1) is 4.85. The van der Waals surface area contributed by atoms with E-state index in [0.717, 1.165) is 12.8 Å². The first-order valence-corrected chi connectivity index (χ1v) is 4.53. The van der Waals surface area contributed by atoms with Crippen LogP contribution < -0.4 is 5.73 Å². The van der Waals surface area contributed by atoms with Gasteiger partial charge in [0.15, 0.2) is 5.85 Å². The van der Waals surface area contributed by atoms with E-state index in [1.165, 1.54) is 0 Å². The van der Waals surface area contributed by atoms with Crippen molar-refractivity contribution in [3.63, 3.8) is 0 Å². The lowest BCUT2D eigenvalue weighted by molar-refractivity contribution is 0.186. The van der Waals surface area contributed by atoms with E-state index in [4.69, 9.17) is 10.5 Å². The summed E-state index contributed by atoms with van der Waals surface area (Å²) < 4.78 is 15.5. The SMILES string of the molecule is CCO[C](CCCN)[PH2]=O. The minimum Gasteiger partial charge on any atom is -0.365 e. The topological polar surface area (TPSA) is 52.3 Å². The lowest BCUT2D eigenvalue weighted by Gasteiger charge is -2.06. The molecule has 61 valence electrons. The monoisotopic (exact) mass is 164 g/mol. The third-order valence-corrected chi connectivity index (χ3v) is 1.81. The van der Waals surface area contributed by atoms with Crippen LogP contribution in [0.4, 0.5) is 0 Å². The zero-order valence-electron chi connectivity index (χ0n) is 6.30. The molecule has 0 saturated heterocycles. The second-order valence-electron chi connectivity index (χ2n) is 1.91. The Bertz CT molecular complexity index is 89.8. The molecule has 2 N–H and O–H groups in total. The highest BCUT2D eigenvalue weighted by Gasteiger charge is 2.04. The third-order valence-electron chi connectivity index (χ3n) is 1.09. The fraction of sp³-hybridized carbons (Fsp3) is 0.833. The van der Waals surface area contributed by atoms with E-state index < -0.39 is 8.46 Å². The van der Waals surface area contributed by atoms with Crippen molar-refractivity contribution < 1.29 is 9.30 Å². The molecule has 0 aromatic heterocycles. The van der Waals surface area contributed by atoms with E-state index in [-0.39, 0.29) is 0 Å². The second kappa shape index (κ2) is 7.26. The van der Waals surface area contributed by atoms with Gasteiger partial charge in [-0.25, -0.2) is 0 Å². The zero-order valence-corrected chi connectivity index (χ0v) is 7.45. The molecule has 1 radical (unpaired) electrons. The molecule has 0 aromatic carbocycles. The highest BCUT2D eigenvalue weighted by molar-refractivity contribution is 7.27. The van der Waals surface area contributed by atoms with Crippen LogP contribution in [0.2, 0.25) is 0 Å². The normalized spacial score (nSPS) is 11.9. The summed E-state index contributed by atoms with van der Waals surface area (Å²) in [5, 5.41) is 0. The largest absolute Gasteiger partial charge is 0.365 e. The summed E-state index contributed by atoms with van der Waals surface area (Å²) in [5.74, 6) is 0.716. The van der Waals surface area contributed by atoms with Crippen molar-refractivity contribution in [2.24, 2.45) is 5.73 Å². The molecule has 0 spiro atoms. The third kappa shape index (κ3) is 4.98. The molecule has 0 heterocycles. The van der Waals surface area contributed by atoms with Gasteiger partial charge in [0.25, 0.3) is 0 Å². The smallest absolute Gasteiger partial charge is 0.151 e. The van der Waals surface area contributed by atoms with Gasteiger partial charge in [0, 0.05) is 6.61 Å². The molecule has 0 aromatic rings. The Morgan fingerprint density at radius 3 is 2.80 bits per heavy atom. The summed E-state index contributed by atoms with van der Waals surface area (Å²) in [6, 6.07) is 0. The predicted molar refractivity (Wildman–Crippen MR) is 43.6 cm³/mol. The number of hydrogen-bond donors (Lipinski definition) is 1. The van der Waals surface area contributed by atoms with Crippen LogP contribution in [0.15, 0.2) is 0 Å². The summed E-state index contributed by atoms with van der Waals surface area (Å²) in [4.78, 5) is 0. The fourth-order valence-electron chi connectivity index (χ4n) is 0.627. The average molecular weight is 164 g/mol. The summed E-state index contributed by atoms with van der Waals surface area (Å²) in [6.07, 6.45) is 1.62. The van der Waals surface area contributed by atoms with Crippen LogP contribution in [-0.2, 0) is 9.30 Å². The highest BCUT2D eigenvalue weighted by atomic mass is 31.1. The van der Waals surface area contributed by atoms with E-state index in [9.17, 15) is 4.57 Å². The van der Waals surface area contributed by atoms with Gasteiger partial charge >= 0.3 is 0 Å². The van der Waals surface area contributed by atoms with E-state index in [2.05, 4.69) is 0 Å². The number of nitrogens with two attached hydrogens (primary N) is 1. The molecule has 0 amide bonds. The van der Waals surface area contributed by atoms with Gasteiger partial charge in [-0.2, -0.15) is 0 Å². The second-order valence-corrected chi connectivity index (χ2v) is 2.79. The van der Waals surface area contributed by atoms with Gasteiger partial charge in [-0.3, -0.25) is 0 Å². The molecular weight excluding hydrogens is 149 g/mol. The minimum absolute atomic E-state index is 0.606. The molecule has 1 unspecified atom stereocenters. The Labute approximate surface area is 63.1 Å². The Morgan fingerprint density at radius 2 is 2.40 bits per heavy atom. The molecule has 0 aliphatic rings. The van der Waals surface area contributed by atoms with Gasteiger partial charge in [0.1, 0.15) is 0 Å². The molecule has 4 heteroatoms. The van der Waals surface area contributed by atoms with Crippen LogP contribution in [0.1, 0.15) is 19.8 Å². The molecule has 0 bridgehead atoms. The number of ether oxygens (including phenoxy) is 1. The van der Waals surface area contributed by atoms with Gasteiger partial charge in [-0.05, 0) is 26.3 Å². The Morgan fingerprint density at radius 1 is 1.70 bits per heavy atom. The van der Waals surface area contributed by atoms with Gasteiger partial charge in [0.2, 0.25) is 0 Å². The Hall–Kier alpha value is 0.150. The van der Waals surface area contributed by atoms with Crippen LogP contribution in [0.3, 0.4) is 0 Å². The lowest BCUT2D eigenvalue weighted by Crippen LogP contribution is -2.02. The minimum atomic E-state index is -0.880. The predicted octanol–water partition coefficient (Wildman–Crippen LogP) is 1.01. The fourth-order valence-corrected chi connectivity index (χ4v) is 1.18. The van der Waals surface area contributed by atoms with Gasteiger partial charge in [-0.1, -0.05) is 0 Å². The van der Waals surface area contributed by atoms with Crippen molar-refractivity contribution in [2.75, 3.05) is 13.2 Å². The van der Waals surface area contributed by atoms with E-state index in [1.54, 1.807) is 0 Å². The maximum absolute atomic E-state index is 10.4. The van der Waals surface area contributed by atoms with Crippen molar-refractivity contribution in [1.82, 2.24) is 0 Å². The summed E-state index contributed by atoms with van der Waals surface area (Å²) >= 11 is 0. The average Bonchev–Trinajstić information content (AvgIpc) is 1.98. The summed E-state index contributed by atoms with van der Waals surface area (Å²) in [7, 11) is -0.880. The summed E-state index contributed by atoms with van der Waals surface area (Å²) in [5.41, 5.74) is 5.27. The Kier molecular flexibility index (Phi) is 7.37. The van der Waals surface area contributed by atoms with Crippen LogP contribution in [-0.4, -0.2) is 13.2 Å². The molecule has 10 heavy (non-hydrogen) atoms. The van der Waals surface area contributed by atoms with E-state index in [1.807, 2.05) is 6.92 Å². The number of hydrogen-bond acceptors (Lipinski definition) is 3. The molecule has 3 nitrogen and oxygen atoms in total. The first kappa shape index (κ1) is 10.2. The molecule has 0 saturated carbocycles. The lowest BCUT2D eigenvalue weighted by atomic mass is 10.3. The van der Waals surface area contributed by atoms with Crippen molar-refractivity contribution in [2.45, 2.75) is 19.8 Å². The molecule has 0 rings (SSSR count). The van der Waals surface area contributed by atoms with E-state index in [0.29, 0.717) is 19.0 Å². The van der Waals surface area contributed by atoms with Crippen molar-refractivity contribution in [3.05, 3.63) is 5.85 Å². The van der Waals surface area contributed by atoms with Crippen molar-refractivity contribution in [1.29, 1.82) is 0 Å². The van der Waals surface area contributed by atoms with Crippen LogP contribution in [0, 0.1) is 5.85 Å². The Balaban J connectivity index is 3.29. The van der Waals surface area contributed by atoms with Crippen LogP contribution >= 0.6 is 8.46 Å². The first-order valence-electron chi connectivity index (χ1n) is 3.49. The van der Waals surface area contributed by atoms with Crippen LogP contribution in [0.5, 0.6) is 0 Å². The van der Waals surface area contributed by atoms with Crippen molar-refractivity contribution in [3.8, 4) is 0 Å². The van der Waals surface area contributed by atoms with Crippen molar-refractivity contribution >= 4 is 8.46 Å². The molecule has 0 aliphatic carbocycles. The van der Waals surface area contributed by atoms with E-state index >= 15 is 0 Å². The van der Waals surface area contributed by atoms with Gasteiger partial charge in [-0.15, -0.1) is 0 Å².